The Morgan fingerprint density at radius 2 is 2.00 bits per heavy atom. The molecule has 2 fully saturated rings. The highest BCUT2D eigenvalue weighted by molar-refractivity contribution is 5.93. The third-order valence-corrected chi connectivity index (χ3v) is 5.44. The molecule has 1 saturated carbocycles. The molecular weight excluding hydrogens is 228 g/mol. The Morgan fingerprint density at radius 1 is 1.28 bits per heavy atom. The van der Waals surface area contributed by atoms with Gasteiger partial charge in [0.25, 0.3) is 0 Å². The second-order valence-corrected chi connectivity index (χ2v) is 6.45. The molecule has 1 heterocycles. The average molecular weight is 248 g/mol. The number of ether oxygens (including phenoxy) is 1. The second-order valence-electron chi connectivity index (χ2n) is 6.45. The van der Waals surface area contributed by atoms with Gasteiger partial charge in [0.15, 0.2) is 5.78 Å². The van der Waals surface area contributed by atoms with Gasteiger partial charge in [0.05, 0.1) is 5.92 Å². The molecule has 0 aromatic rings. The first-order valence-corrected chi connectivity index (χ1v) is 6.87. The first-order chi connectivity index (χ1) is 8.44. The number of allylic oxidation sites excluding steroid dienone is 2. The highest BCUT2D eigenvalue weighted by Gasteiger charge is 2.57. The first-order valence-electron chi connectivity index (χ1n) is 6.87. The van der Waals surface area contributed by atoms with Crippen LogP contribution in [-0.4, -0.2) is 17.9 Å². The van der Waals surface area contributed by atoms with E-state index < -0.39 is 0 Å². The fraction of sp³-hybridized carbons (Fsp3) is 0.733. The molecule has 0 aromatic carbocycles. The summed E-state index contributed by atoms with van der Waals surface area (Å²) in [4.78, 5) is 23.7. The summed E-state index contributed by atoms with van der Waals surface area (Å²) in [5.74, 6) is 0.510. The minimum absolute atomic E-state index is 0.00671. The van der Waals surface area contributed by atoms with E-state index in [1.807, 2.05) is 19.9 Å². The molecule has 0 bridgehead atoms. The van der Waals surface area contributed by atoms with Gasteiger partial charge in [-0.25, -0.2) is 0 Å². The van der Waals surface area contributed by atoms with Crippen LogP contribution in [0.3, 0.4) is 0 Å². The van der Waals surface area contributed by atoms with Crippen molar-refractivity contribution in [1.29, 1.82) is 0 Å². The molecule has 0 amide bonds. The van der Waals surface area contributed by atoms with Crippen molar-refractivity contribution < 1.29 is 14.3 Å². The van der Waals surface area contributed by atoms with E-state index in [1.54, 1.807) is 6.08 Å². The molecule has 1 saturated heterocycles. The van der Waals surface area contributed by atoms with Gasteiger partial charge in [0, 0.05) is 17.8 Å². The van der Waals surface area contributed by atoms with Gasteiger partial charge in [-0.3, -0.25) is 9.59 Å². The van der Waals surface area contributed by atoms with E-state index in [1.165, 1.54) is 0 Å². The predicted octanol–water partition coefficient (Wildman–Crippen LogP) is 2.36. The topological polar surface area (TPSA) is 43.4 Å². The van der Waals surface area contributed by atoms with Crippen molar-refractivity contribution >= 4 is 11.8 Å². The summed E-state index contributed by atoms with van der Waals surface area (Å²) >= 11 is 0. The summed E-state index contributed by atoms with van der Waals surface area (Å²) in [6, 6.07) is 0. The van der Waals surface area contributed by atoms with E-state index in [2.05, 4.69) is 6.92 Å². The number of hydrogen-bond acceptors (Lipinski definition) is 3. The summed E-state index contributed by atoms with van der Waals surface area (Å²) in [5, 5.41) is 0. The molecule has 0 aromatic heterocycles. The Kier molecular flexibility index (Phi) is 2.45. The summed E-state index contributed by atoms with van der Waals surface area (Å²) in [7, 11) is 0. The zero-order chi connectivity index (χ0) is 13.1. The Hall–Kier alpha value is -1.12. The van der Waals surface area contributed by atoms with Gasteiger partial charge in [-0.05, 0) is 24.3 Å². The van der Waals surface area contributed by atoms with Crippen LogP contribution < -0.4 is 0 Å². The fourth-order valence-electron chi connectivity index (χ4n) is 4.21. The van der Waals surface area contributed by atoms with Crippen molar-refractivity contribution in [3.63, 3.8) is 0 Å². The number of carbonyl (C=O) groups is 2. The number of carbonyl (C=O) groups excluding carboxylic acids is 2. The average Bonchev–Trinajstić information content (AvgIpc) is 2.60. The van der Waals surface area contributed by atoms with Crippen molar-refractivity contribution in [1.82, 2.24) is 0 Å². The maximum Gasteiger partial charge on any atom is 0.309 e. The van der Waals surface area contributed by atoms with Crippen LogP contribution in [0.4, 0.5) is 0 Å². The molecule has 98 valence electrons. The van der Waals surface area contributed by atoms with Gasteiger partial charge >= 0.3 is 5.97 Å². The van der Waals surface area contributed by atoms with Crippen molar-refractivity contribution in [3.05, 3.63) is 12.2 Å². The van der Waals surface area contributed by atoms with E-state index in [0.29, 0.717) is 5.92 Å². The number of fused-ring (bicyclic) bond motifs is 3. The minimum atomic E-state index is -0.0801. The summed E-state index contributed by atoms with van der Waals surface area (Å²) in [6.45, 7) is 6.14. The van der Waals surface area contributed by atoms with Crippen molar-refractivity contribution in [2.75, 3.05) is 0 Å². The van der Waals surface area contributed by atoms with E-state index in [-0.39, 0.29) is 41.0 Å². The van der Waals surface area contributed by atoms with E-state index in [0.717, 1.165) is 12.8 Å². The van der Waals surface area contributed by atoms with Gasteiger partial charge in [-0.2, -0.15) is 0 Å². The molecule has 1 aliphatic heterocycles. The van der Waals surface area contributed by atoms with Gasteiger partial charge in [0.2, 0.25) is 0 Å². The summed E-state index contributed by atoms with van der Waals surface area (Å²) in [5.41, 5.74) is 0.0127. The molecule has 3 nitrogen and oxygen atoms in total. The Bertz CT molecular complexity index is 439. The third kappa shape index (κ3) is 1.42. The SMILES string of the molecule is CC1C(=O)OC2C1CCC1(C)C=CC(=O)C(C)C21. The molecular formula is C15H20O3. The molecule has 0 N–H and O–H groups in total. The third-order valence-electron chi connectivity index (χ3n) is 5.44. The highest BCUT2D eigenvalue weighted by atomic mass is 16.6. The number of hydrogen-bond donors (Lipinski definition) is 0. The molecule has 3 heteroatoms. The Labute approximate surface area is 108 Å². The van der Waals surface area contributed by atoms with E-state index in [4.69, 9.17) is 4.74 Å². The molecule has 18 heavy (non-hydrogen) atoms. The van der Waals surface area contributed by atoms with Gasteiger partial charge in [-0.1, -0.05) is 26.8 Å². The lowest BCUT2D eigenvalue weighted by molar-refractivity contribution is -0.151. The maximum absolute atomic E-state index is 11.9. The lowest BCUT2D eigenvalue weighted by Crippen LogP contribution is -2.50. The molecule has 6 atom stereocenters. The quantitative estimate of drug-likeness (QED) is 0.618. The standard InChI is InChI=1S/C15H20O3/c1-8-10-4-6-15(3)7-5-11(16)9(2)12(15)13(10)18-14(8)17/h5,7-10,12-13H,4,6H2,1-3H3. The zero-order valence-corrected chi connectivity index (χ0v) is 11.2. The van der Waals surface area contributed by atoms with Crippen LogP contribution in [0.5, 0.6) is 0 Å². The van der Waals surface area contributed by atoms with Crippen molar-refractivity contribution in [2.24, 2.45) is 29.1 Å². The monoisotopic (exact) mass is 248 g/mol. The van der Waals surface area contributed by atoms with E-state index >= 15 is 0 Å². The minimum Gasteiger partial charge on any atom is -0.461 e. The Balaban J connectivity index is 2.00. The molecule has 2 aliphatic carbocycles. The number of esters is 1. The van der Waals surface area contributed by atoms with Gasteiger partial charge in [-0.15, -0.1) is 0 Å². The molecule has 3 rings (SSSR count). The van der Waals surface area contributed by atoms with Crippen molar-refractivity contribution in [2.45, 2.75) is 39.7 Å². The largest absolute Gasteiger partial charge is 0.461 e. The summed E-state index contributed by atoms with van der Waals surface area (Å²) < 4.78 is 5.61. The summed E-state index contributed by atoms with van der Waals surface area (Å²) in [6.07, 6.45) is 5.79. The molecule has 6 unspecified atom stereocenters. The van der Waals surface area contributed by atoms with Gasteiger partial charge < -0.3 is 4.74 Å². The van der Waals surface area contributed by atoms with Crippen LogP contribution >= 0.6 is 0 Å². The maximum atomic E-state index is 11.9. The first kappa shape index (κ1) is 11.9. The fourth-order valence-corrected chi connectivity index (χ4v) is 4.21. The van der Waals surface area contributed by atoms with Crippen LogP contribution in [0, 0.1) is 29.1 Å². The van der Waals surface area contributed by atoms with Crippen LogP contribution in [0.25, 0.3) is 0 Å². The van der Waals surface area contributed by atoms with Gasteiger partial charge in [0.1, 0.15) is 6.10 Å². The second kappa shape index (κ2) is 3.69. The highest BCUT2D eigenvalue weighted by Crippen LogP contribution is 2.54. The normalized spacial score (nSPS) is 50.7. The lowest BCUT2D eigenvalue weighted by atomic mass is 9.55. The number of rotatable bonds is 0. The zero-order valence-electron chi connectivity index (χ0n) is 11.2. The van der Waals surface area contributed by atoms with Crippen LogP contribution in [-0.2, 0) is 14.3 Å². The van der Waals surface area contributed by atoms with Crippen molar-refractivity contribution in [3.8, 4) is 0 Å². The molecule has 0 spiro atoms. The van der Waals surface area contributed by atoms with Crippen LogP contribution in [0.1, 0.15) is 33.6 Å². The smallest absolute Gasteiger partial charge is 0.309 e. The molecule has 0 radical (unpaired) electrons. The predicted molar refractivity (Wildman–Crippen MR) is 66.7 cm³/mol. The van der Waals surface area contributed by atoms with Crippen LogP contribution in [0.2, 0.25) is 0 Å². The lowest BCUT2D eigenvalue weighted by Gasteiger charge is -2.49. The Morgan fingerprint density at radius 3 is 2.72 bits per heavy atom. The van der Waals surface area contributed by atoms with Crippen LogP contribution in [0.15, 0.2) is 12.2 Å². The molecule has 3 aliphatic rings. The van der Waals surface area contributed by atoms with E-state index in [9.17, 15) is 9.59 Å². The number of ketones is 1.